The molecule has 5 heteroatoms. The van der Waals surface area contributed by atoms with Crippen LogP contribution in [0, 0.1) is 0 Å². The van der Waals surface area contributed by atoms with Gasteiger partial charge >= 0.3 is 0 Å². The summed E-state index contributed by atoms with van der Waals surface area (Å²) in [6.07, 6.45) is 6.44. The second-order valence-electron chi connectivity index (χ2n) is 12.9. The van der Waals surface area contributed by atoms with Crippen molar-refractivity contribution >= 4 is 44.8 Å². The van der Waals surface area contributed by atoms with Crippen molar-refractivity contribution in [3.05, 3.63) is 156 Å². The molecule has 0 unspecified atom stereocenters. The highest BCUT2D eigenvalue weighted by molar-refractivity contribution is 6.10. The van der Waals surface area contributed by atoms with Crippen molar-refractivity contribution in [3.8, 4) is 56.5 Å². The molecule has 0 saturated carbocycles. The Bertz CT molecular complexity index is 2830. The number of hydrogen-bond acceptors (Lipinski definition) is 5. The highest BCUT2D eigenvalue weighted by atomic mass is 16.3. The largest absolute Gasteiger partial charge is 0.456 e. The summed E-state index contributed by atoms with van der Waals surface area (Å²) in [7, 11) is 0. The fourth-order valence-corrected chi connectivity index (χ4v) is 7.24. The monoisotopic (exact) mass is 654 g/mol. The predicted molar refractivity (Wildman–Crippen MR) is 207 cm³/mol. The van der Waals surface area contributed by atoms with Gasteiger partial charge in [0.1, 0.15) is 11.0 Å². The second kappa shape index (κ2) is 12.0. The Morgan fingerprint density at radius 2 is 1.04 bits per heavy atom. The number of fused-ring (bicyclic) bond motifs is 6. The molecule has 6 aromatic carbocycles. The SMILES string of the molecule is C1=c2oc3c(c(-c4ccc(-c5nc(-c6ccccc6)nc(-c6ccccc6)n5)cc4)nc4cc(-c5cccc6ccccc56)ccc43)c2=CCC1. The Kier molecular flexibility index (Phi) is 6.88. The molecule has 1 aliphatic rings. The van der Waals surface area contributed by atoms with Gasteiger partial charge in [-0.15, -0.1) is 0 Å². The summed E-state index contributed by atoms with van der Waals surface area (Å²) >= 11 is 0. The van der Waals surface area contributed by atoms with E-state index in [1.807, 2.05) is 60.7 Å². The van der Waals surface area contributed by atoms with E-state index < -0.39 is 0 Å². The maximum Gasteiger partial charge on any atom is 0.164 e. The van der Waals surface area contributed by atoms with Crippen LogP contribution in [0.2, 0.25) is 0 Å². The molecule has 1 aliphatic carbocycles. The van der Waals surface area contributed by atoms with Gasteiger partial charge in [-0.05, 0) is 52.9 Å². The Morgan fingerprint density at radius 3 is 1.76 bits per heavy atom. The molecule has 9 aromatic rings. The smallest absolute Gasteiger partial charge is 0.164 e. The Morgan fingerprint density at radius 1 is 0.451 bits per heavy atom. The third-order valence-corrected chi connectivity index (χ3v) is 9.75. The van der Waals surface area contributed by atoms with E-state index in [1.54, 1.807) is 0 Å². The van der Waals surface area contributed by atoms with Crippen molar-refractivity contribution in [3.63, 3.8) is 0 Å². The van der Waals surface area contributed by atoms with Crippen LogP contribution in [0.5, 0.6) is 0 Å². The summed E-state index contributed by atoms with van der Waals surface area (Å²) in [5, 5.41) is 5.63. The summed E-state index contributed by atoms with van der Waals surface area (Å²) in [5.41, 5.74) is 9.71. The van der Waals surface area contributed by atoms with E-state index in [9.17, 15) is 0 Å². The molecule has 0 radical (unpaired) electrons. The number of furan rings is 1. The Labute approximate surface area is 294 Å². The lowest BCUT2D eigenvalue weighted by molar-refractivity contribution is 0.574. The van der Waals surface area contributed by atoms with Crippen LogP contribution in [-0.2, 0) is 0 Å². The van der Waals surface area contributed by atoms with E-state index >= 15 is 0 Å². The third kappa shape index (κ3) is 5.10. The van der Waals surface area contributed by atoms with Crippen LogP contribution in [0.4, 0.5) is 0 Å². The van der Waals surface area contributed by atoms with Crippen LogP contribution in [-0.4, -0.2) is 19.9 Å². The molecule has 5 nitrogen and oxygen atoms in total. The van der Waals surface area contributed by atoms with Gasteiger partial charge in [-0.25, -0.2) is 19.9 Å². The van der Waals surface area contributed by atoms with Gasteiger partial charge in [0.15, 0.2) is 17.5 Å². The zero-order chi connectivity index (χ0) is 33.7. The maximum atomic E-state index is 6.63. The molecule has 0 saturated heterocycles. The van der Waals surface area contributed by atoms with Crippen molar-refractivity contribution < 1.29 is 4.42 Å². The zero-order valence-corrected chi connectivity index (χ0v) is 27.6. The summed E-state index contributed by atoms with van der Waals surface area (Å²) in [6.45, 7) is 0. The number of aromatic nitrogens is 4. The number of hydrogen-bond donors (Lipinski definition) is 0. The van der Waals surface area contributed by atoms with E-state index in [-0.39, 0.29) is 0 Å². The first-order chi connectivity index (χ1) is 25.3. The maximum absolute atomic E-state index is 6.63. The standard InChI is InChI=1S/C46H30N4O/c1-3-13-31(14-4-1)44-48-45(32-15-5-2-6-16-32)50-46(49-44)33-24-22-30(23-25-33)42-41-38-19-9-10-21-40(38)51-43(41)37-27-26-34(28-39(37)47-42)36-20-11-17-29-12-7-8-18-35(29)36/h1-8,11-28H,9-10H2. The van der Waals surface area contributed by atoms with Gasteiger partial charge in [-0.2, -0.15) is 0 Å². The van der Waals surface area contributed by atoms with Gasteiger partial charge < -0.3 is 4.42 Å². The summed E-state index contributed by atoms with van der Waals surface area (Å²) < 4.78 is 6.63. The van der Waals surface area contributed by atoms with Gasteiger partial charge in [0.2, 0.25) is 0 Å². The van der Waals surface area contributed by atoms with Crippen LogP contribution in [0.25, 0.3) is 101 Å². The summed E-state index contributed by atoms with van der Waals surface area (Å²) in [5.74, 6) is 1.90. The number of nitrogens with zero attached hydrogens (tertiary/aromatic N) is 4. The molecule has 0 bridgehead atoms. The van der Waals surface area contributed by atoms with Crippen LogP contribution >= 0.6 is 0 Å². The fraction of sp³-hybridized carbons (Fsp3) is 0.0435. The minimum absolute atomic E-state index is 0.620. The van der Waals surface area contributed by atoms with Crippen molar-refractivity contribution in [2.45, 2.75) is 12.8 Å². The van der Waals surface area contributed by atoms with Crippen molar-refractivity contribution in [1.82, 2.24) is 19.9 Å². The van der Waals surface area contributed by atoms with Crippen molar-refractivity contribution in [2.75, 3.05) is 0 Å². The second-order valence-corrected chi connectivity index (χ2v) is 12.9. The molecule has 0 atom stereocenters. The van der Waals surface area contributed by atoms with E-state index in [4.69, 9.17) is 24.4 Å². The summed E-state index contributed by atoms with van der Waals surface area (Å²) in [6, 6.07) is 50.1. The highest BCUT2D eigenvalue weighted by Crippen LogP contribution is 2.36. The molecule has 0 N–H and O–H groups in total. The molecule has 0 fully saturated rings. The highest BCUT2D eigenvalue weighted by Gasteiger charge is 2.19. The summed E-state index contributed by atoms with van der Waals surface area (Å²) in [4.78, 5) is 20.1. The van der Waals surface area contributed by atoms with Crippen LogP contribution in [0.3, 0.4) is 0 Å². The topological polar surface area (TPSA) is 64.7 Å². The fourth-order valence-electron chi connectivity index (χ4n) is 7.24. The van der Waals surface area contributed by atoms with Crippen LogP contribution in [0.1, 0.15) is 12.8 Å². The first kappa shape index (κ1) is 29.2. The lowest BCUT2D eigenvalue weighted by atomic mass is 9.96. The van der Waals surface area contributed by atoms with E-state index in [2.05, 4.69) is 97.1 Å². The number of pyridine rings is 1. The molecule has 0 aliphatic heterocycles. The zero-order valence-electron chi connectivity index (χ0n) is 27.6. The van der Waals surface area contributed by atoms with Gasteiger partial charge in [0.25, 0.3) is 0 Å². The lowest BCUT2D eigenvalue weighted by Gasteiger charge is -2.11. The molecular weight excluding hydrogens is 625 g/mol. The Hall–Kier alpha value is -6.72. The van der Waals surface area contributed by atoms with E-state index in [1.165, 1.54) is 16.3 Å². The molecule has 10 rings (SSSR count). The molecule has 3 heterocycles. The van der Waals surface area contributed by atoms with E-state index in [0.29, 0.717) is 17.5 Å². The number of rotatable bonds is 5. The molecular formula is C46H30N4O. The molecule has 0 spiro atoms. The van der Waals surface area contributed by atoms with Gasteiger partial charge in [-0.1, -0.05) is 140 Å². The molecule has 240 valence electrons. The van der Waals surface area contributed by atoms with Gasteiger partial charge in [-0.3, -0.25) is 0 Å². The lowest BCUT2D eigenvalue weighted by Crippen LogP contribution is -2.22. The third-order valence-electron chi connectivity index (χ3n) is 9.75. The minimum Gasteiger partial charge on any atom is -0.456 e. The van der Waals surface area contributed by atoms with Gasteiger partial charge in [0, 0.05) is 32.9 Å². The van der Waals surface area contributed by atoms with Crippen LogP contribution in [0.15, 0.2) is 150 Å². The quantitative estimate of drug-likeness (QED) is 0.185. The number of benzene rings is 6. The average Bonchev–Trinajstić information content (AvgIpc) is 3.61. The predicted octanol–water partition coefficient (Wildman–Crippen LogP) is 10.0. The van der Waals surface area contributed by atoms with E-state index in [0.717, 1.165) is 78.9 Å². The normalized spacial score (nSPS) is 12.5. The average molecular weight is 655 g/mol. The molecule has 51 heavy (non-hydrogen) atoms. The first-order valence-corrected chi connectivity index (χ1v) is 17.3. The van der Waals surface area contributed by atoms with Crippen molar-refractivity contribution in [1.29, 1.82) is 0 Å². The minimum atomic E-state index is 0.620. The van der Waals surface area contributed by atoms with Crippen LogP contribution < -0.4 is 10.6 Å². The molecule has 3 aromatic heterocycles. The van der Waals surface area contributed by atoms with Crippen molar-refractivity contribution in [2.24, 2.45) is 0 Å². The van der Waals surface area contributed by atoms with Gasteiger partial charge in [0.05, 0.1) is 16.6 Å². The Balaban J connectivity index is 1.14. The first-order valence-electron chi connectivity index (χ1n) is 17.3. The molecule has 0 amide bonds.